The number of anilines is 1. The van der Waals surface area contributed by atoms with Gasteiger partial charge in [0.1, 0.15) is 11.9 Å². The van der Waals surface area contributed by atoms with Crippen molar-refractivity contribution in [3.63, 3.8) is 0 Å². The topological polar surface area (TPSA) is 90.8 Å². The molecule has 21 heavy (non-hydrogen) atoms. The number of aromatic nitrogens is 1. The highest BCUT2D eigenvalue weighted by molar-refractivity contribution is 7.90. The van der Waals surface area contributed by atoms with E-state index in [9.17, 15) is 18.3 Å². The van der Waals surface area contributed by atoms with Gasteiger partial charge in [-0.3, -0.25) is 4.79 Å². The highest BCUT2D eigenvalue weighted by Crippen LogP contribution is 2.30. The summed E-state index contributed by atoms with van der Waals surface area (Å²) < 4.78 is 27.8. The van der Waals surface area contributed by atoms with Crippen LogP contribution in [0.25, 0.3) is 0 Å². The second kappa shape index (κ2) is 5.12. The molecule has 3 heterocycles. The Kier molecular flexibility index (Phi) is 3.42. The van der Waals surface area contributed by atoms with Crippen molar-refractivity contribution in [1.29, 1.82) is 0 Å². The molecule has 0 aliphatic carbocycles. The van der Waals surface area contributed by atoms with Crippen molar-refractivity contribution in [2.45, 2.75) is 18.9 Å². The molecule has 0 fully saturated rings. The first kappa shape index (κ1) is 14.0. The number of rotatable bonds is 3. The molecule has 112 valence electrons. The van der Waals surface area contributed by atoms with E-state index in [1.165, 1.54) is 10.5 Å². The molecule has 0 radical (unpaired) electrons. The van der Waals surface area contributed by atoms with Gasteiger partial charge in [0, 0.05) is 19.3 Å². The molecule has 0 amide bonds. The average molecular weight is 309 g/mol. The number of fused-ring (bicyclic) bond motifs is 1. The van der Waals surface area contributed by atoms with E-state index in [1.54, 1.807) is 18.2 Å². The van der Waals surface area contributed by atoms with Crippen molar-refractivity contribution in [3.8, 4) is 0 Å². The van der Waals surface area contributed by atoms with Gasteiger partial charge in [-0.1, -0.05) is 18.2 Å². The maximum absolute atomic E-state index is 12.8. The first-order chi connectivity index (χ1) is 10.0. The fraction of sp³-hybridized carbons (Fsp3) is 0.385. The van der Waals surface area contributed by atoms with Gasteiger partial charge in [-0.2, -0.15) is 12.7 Å². The molecule has 1 atom stereocenters. The molecule has 1 N–H and O–H groups in total. The lowest BCUT2D eigenvalue weighted by molar-refractivity contribution is -0.141. The van der Waals surface area contributed by atoms with E-state index in [-0.39, 0.29) is 13.0 Å². The van der Waals surface area contributed by atoms with E-state index in [0.29, 0.717) is 18.8 Å². The van der Waals surface area contributed by atoms with Crippen molar-refractivity contribution in [2.24, 2.45) is 0 Å². The van der Waals surface area contributed by atoms with E-state index in [4.69, 9.17) is 0 Å². The molecule has 0 saturated heterocycles. The molecule has 0 spiro atoms. The second-order valence-corrected chi connectivity index (χ2v) is 6.75. The number of carbonyl (C=O) groups is 1. The van der Waals surface area contributed by atoms with Crippen molar-refractivity contribution in [1.82, 2.24) is 9.29 Å². The zero-order chi connectivity index (χ0) is 15.0. The Balaban J connectivity index is 1.98. The Morgan fingerprint density at radius 2 is 2.19 bits per heavy atom. The minimum absolute atomic E-state index is 0.0674. The van der Waals surface area contributed by atoms with Crippen LogP contribution in [0.4, 0.5) is 5.82 Å². The van der Waals surface area contributed by atoms with Gasteiger partial charge in [-0.05, 0) is 24.5 Å². The number of aliphatic carboxylic acids is 1. The molecule has 0 aromatic carbocycles. The number of nitrogens with zero attached hydrogens (tertiary/aromatic N) is 3. The molecular weight excluding hydrogens is 294 g/mol. The fourth-order valence-corrected chi connectivity index (χ4v) is 4.39. The number of carboxylic acids is 1. The molecule has 3 rings (SSSR count). The highest BCUT2D eigenvalue weighted by atomic mass is 32.2. The number of carboxylic acid groups (broad SMARTS) is 1. The van der Waals surface area contributed by atoms with Crippen LogP contribution in [0.15, 0.2) is 30.5 Å². The predicted molar refractivity (Wildman–Crippen MR) is 76.1 cm³/mol. The van der Waals surface area contributed by atoms with E-state index < -0.39 is 22.2 Å². The smallest absolute Gasteiger partial charge is 0.322 e. The summed E-state index contributed by atoms with van der Waals surface area (Å²) in [6.07, 6.45) is 5.67. The standard InChI is InChI=1S/C13H15N3O4S/c17-13(18)11-5-1-2-8-15(11)21(19,20)16-9-6-10-4-3-7-14-12(10)16/h1-4,7,11H,5-6,8-9H2,(H,17,18). The molecule has 2 aliphatic heterocycles. The summed E-state index contributed by atoms with van der Waals surface area (Å²) in [5, 5.41) is 9.24. The lowest BCUT2D eigenvalue weighted by Crippen LogP contribution is -2.52. The Morgan fingerprint density at radius 3 is 2.95 bits per heavy atom. The van der Waals surface area contributed by atoms with Crippen LogP contribution in [0, 0.1) is 0 Å². The van der Waals surface area contributed by atoms with Crippen LogP contribution >= 0.6 is 0 Å². The lowest BCUT2D eigenvalue weighted by atomic mass is 10.1. The summed E-state index contributed by atoms with van der Waals surface area (Å²) in [6.45, 7) is 0.360. The average Bonchev–Trinajstić information content (AvgIpc) is 2.92. The van der Waals surface area contributed by atoms with E-state index in [0.717, 1.165) is 9.87 Å². The molecule has 1 aromatic rings. The Labute approximate surface area is 122 Å². The third-order valence-corrected chi connectivity index (χ3v) is 5.62. The molecule has 2 aliphatic rings. The van der Waals surface area contributed by atoms with Gasteiger partial charge in [0.25, 0.3) is 0 Å². The van der Waals surface area contributed by atoms with Crippen molar-refractivity contribution in [2.75, 3.05) is 17.4 Å². The minimum atomic E-state index is -3.90. The second-order valence-electron chi connectivity index (χ2n) is 4.95. The van der Waals surface area contributed by atoms with Gasteiger partial charge in [0.05, 0.1) is 0 Å². The summed E-state index contributed by atoms with van der Waals surface area (Å²) in [4.78, 5) is 15.4. The van der Waals surface area contributed by atoms with Gasteiger partial charge >= 0.3 is 16.2 Å². The summed E-state index contributed by atoms with van der Waals surface area (Å²) in [7, 11) is -3.90. The van der Waals surface area contributed by atoms with Crippen LogP contribution in [0.3, 0.4) is 0 Å². The number of pyridine rings is 1. The van der Waals surface area contributed by atoms with Gasteiger partial charge in [0.2, 0.25) is 0 Å². The molecular formula is C13H15N3O4S. The molecule has 8 heteroatoms. The highest BCUT2D eigenvalue weighted by Gasteiger charge is 2.41. The van der Waals surface area contributed by atoms with Crippen molar-refractivity contribution >= 4 is 22.0 Å². The predicted octanol–water partition coefficient (Wildman–Crippen LogP) is 0.404. The van der Waals surface area contributed by atoms with Gasteiger partial charge in [0.15, 0.2) is 0 Å². The first-order valence-electron chi connectivity index (χ1n) is 6.63. The maximum Gasteiger partial charge on any atom is 0.322 e. The van der Waals surface area contributed by atoms with Gasteiger partial charge < -0.3 is 5.11 Å². The van der Waals surface area contributed by atoms with Gasteiger partial charge in [-0.25, -0.2) is 9.29 Å². The third-order valence-electron chi connectivity index (χ3n) is 3.71. The summed E-state index contributed by atoms with van der Waals surface area (Å²) in [6, 6.07) is 2.54. The monoisotopic (exact) mass is 309 g/mol. The zero-order valence-corrected chi connectivity index (χ0v) is 12.0. The molecule has 1 unspecified atom stereocenters. The molecule has 0 bridgehead atoms. The fourth-order valence-electron chi connectivity index (χ4n) is 2.66. The largest absolute Gasteiger partial charge is 0.480 e. The van der Waals surface area contributed by atoms with Crippen LogP contribution < -0.4 is 4.31 Å². The Hall–Kier alpha value is -1.93. The SMILES string of the molecule is O=C(O)C1CC=CCN1S(=O)(=O)N1CCc2cccnc21. The number of hydrogen-bond donors (Lipinski definition) is 1. The van der Waals surface area contributed by atoms with Crippen LogP contribution in [0.2, 0.25) is 0 Å². The molecule has 1 aromatic heterocycles. The summed E-state index contributed by atoms with van der Waals surface area (Å²) in [5.41, 5.74) is 0.862. The van der Waals surface area contributed by atoms with E-state index >= 15 is 0 Å². The number of hydrogen-bond acceptors (Lipinski definition) is 4. The lowest BCUT2D eigenvalue weighted by Gasteiger charge is -2.32. The molecule has 0 saturated carbocycles. The van der Waals surface area contributed by atoms with Crippen LogP contribution in [-0.4, -0.2) is 47.9 Å². The van der Waals surface area contributed by atoms with Crippen molar-refractivity contribution < 1.29 is 18.3 Å². The van der Waals surface area contributed by atoms with E-state index in [2.05, 4.69) is 4.98 Å². The zero-order valence-electron chi connectivity index (χ0n) is 11.2. The Morgan fingerprint density at radius 1 is 1.38 bits per heavy atom. The quantitative estimate of drug-likeness (QED) is 0.816. The summed E-state index contributed by atoms with van der Waals surface area (Å²) >= 11 is 0. The Bertz CT molecular complexity index is 701. The van der Waals surface area contributed by atoms with E-state index in [1.807, 2.05) is 6.07 Å². The van der Waals surface area contributed by atoms with Crippen molar-refractivity contribution in [3.05, 3.63) is 36.0 Å². The van der Waals surface area contributed by atoms with Crippen LogP contribution in [0.1, 0.15) is 12.0 Å². The summed E-state index contributed by atoms with van der Waals surface area (Å²) in [5.74, 6) is -0.737. The molecule has 7 nitrogen and oxygen atoms in total. The third kappa shape index (κ3) is 2.30. The van der Waals surface area contributed by atoms with Crippen LogP contribution in [-0.2, 0) is 21.4 Å². The van der Waals surface area contributed by atoms with Gasteiger partial charge in [-0.15, -0.1) is 0 Å². The maximum atomic E-state index is 12.8. The minimum Gasteiger partial charge on any atom is -0.480 e. The normalized spacial score (nSPS) is 22.3. The first-order valence-corrected chi connectivity index (χ1v) is 8.02. The van der Waals surface area contributed by atoms with Crippen LogP contribution in [0.5, 0.6) is 0 Å².